The van der Waals surface area contributed by atoms with Gasteiger partial charge in [0.05, 0.1) is 5.69 Å². The van der Waals surface area contributed by atoms with Crippen molar-refractivity contribution < 1.29 is 0 Å². The van der Waals surface area contributed by atoms with Crippen LogP contribution >= 0.6 is 27.7 Å². The smallest absolute Gasteiger partial charge is 0.144 e. The van der Waals surface area contributed by atoms with Gasteiger partial charge in [0.15, 0.2) is 0 Å². The Balaban J connectivity index is 1.95. The molecule has 3 heteroatoms. The van der Waals surface area contributed by atoms with E-state index < -0.39 is 0 Å². The molecule has 0 saturated carbocycles. The Morgan fingerprint density at radius 2 is 1.72 bits per heavy atom. The topological polar surface area (TPSA) is 3.24 Å². The second-order valence-electron chi connectivity index (χ2n) is 4.51. The van der Waals surface area contributed by atoms with Crippen LogP contribution in [0.15, 0.2) is 59.5 Å². The number of nitrogens with zero attached hydrogens (tertiary/aromatic N) is 1. The van der Waals surface area contributed by atoms with Gasteiger partial charge in [0.1, 0.15) is 3.78 Å². The first-order valence-electron chi connectivity index (χ1n) is 5.95. The molecule has 2 aromatic rings. The molecule has 0 radical (unpaired) electrons. The molecule has 1 aliphatic rings. The molecule has 92 valence electrons. The van der Waals surface area contributed by atoms with Crippen LogP contribution in [-0.4, -0.2) is 3.78 Å². The van der Waals surface area contributed by atoms with E-state index in [0.717, 1.165) is 6.54 Å². The molecule has 0 N–H and O–H groups in total. The molecule has 1 aliphatic heterocycles. The number of alkyl halides is 1. The van der Waals surface area contributed by atoms with Crippen LogP contribution < -0.4 is 4.90 Å². The standard InChI is InChI=1S/C15H14BrNS/c1-15(16)17(11-12-7-3-2-4-8-12)13-9-5-6-10-14(13)18-15/h2-10H,11H2,1H3. The van der Waals surface area contributed by atoms with Crippen LogP contribution in [0.25, 0.3) is 0 Å². The Morgan fingerprint density at radius 1 is 1.06 bits per heavy atom. The third kappa shape index (κ3) is 2.17. The number of hydrogen-bond donors (Lipinski definition) is 0. The SMILES string of the molecule is CC1(Br)Sc2ccccc2N1Cc1ccccc1. The fraction of sp³-hybridized carbons (Fsp3) is 0.200. The van der Waals surface area contributed by atoms with E-state index in [1.54, 1.807) is 0 Å². The summed E-state index contributed by atoms with van der Waals surface area (Å²) in [6.45, 7) is 3.13. The van der Waals surface area contributed by atoms with Crippen molar-refractivity contribution in [1.29, 1.82) is 0 Å². The molecule has 0 aliphatic carbocycles. The highest BCUT2D eigenvalue weighted by Crippen LogP contribution is 2.53. The van der Waals surface area contributed by atoms with Crippen LogP contribution in [0.2, 0.25) is 0 Å². The molecule has 0 amide bonds. The van der Waals surface area contributed by atoms with Crippen LogP contribution in [-0.2, 0) is 6.54 Å². The number of rotatable bonds is 2. The minimum atomic E-state index is -0.0630. The van der Waals surface area contributed by atoms with Gasteiger partial charge >= 0.3 is 0 Å². The van der Waals surface area contributed by atoms with Gasteiger partial charge in [0, 0.05) is 11.4 Å². The van der Waals surface area contributed by atoms with Crippen molar-refractivity contribution in [3.8, 4) is 0 Å². The molecule has 0 saturated heterocycles. The fourth-order valence-electron chi connectivity index (χ4n) is 2.23. The summed E-state index contributed by atoms with van der Waals surface area (Å²) in [5.41, 5.74) is 2.64. The summed E-state index contributed by atoms with van der Waals surface area (Å²) in [7, 11) is 0. The van der Waals surface area contributed by atoms with Crippen molar-refractivity contribution in [3.05, 3.63) is 60.2 Å². The summed E-state index contributed by atoms with van der Waals surface area (Å²) in [5, 5.41) is 0. The normalized spacial score (nSPS) is 22.0. The maximum Gasteiger partial charge on any atom is 0.144 e. The average molecular weight is 320 g/mol. The molecular weight excluding hydrogens is 306 g/mol. The van der Waals surface area contributed by atoms with Gasteiger partial charge in [-0.1, -0.05) is 54.2 Å². The summed E-state index contributed by atoms with van der Waals surface area (Å²) in [4.78, 5) is 3.75. The number of halogens is 1. The molecule has 1 heterocycles. The van der Waals surface area contributed by atoms with Crippen LogP contribution in [0.1, 0.15) is 12.5 Å². The van der Waals surface area contributed by atoms with Gasteiger partial charge in [-0.3, -0.25) is 0 Å². The first-order valence-corrected chi connectivity index (χ1v) is 7.56. The Labute approximate surface area is 120 Å². The van der Waals surface area contributed by atoms with Crippen molar-refractivity contribution in [1.82, 2.24) is 0 Å². The van der Waals surface area contributed by atoms with Gasteiger partial charge in [-0.05, 0) is 40.5 Å². The molecule has 0 spiro atoms. The highest BCUT2D eigenvalue weighted by atomic mass is 79.9. The molecule has 3 rings (SSSR count). The summed E-state index contributed by atoms with van der Waals surface area (Å²) < 4.78 is -0.0630. The zero-order valence-electron chi connectivity index (χ0n) is 10.1. The van der Waals surface area contributed by atoms with E-state index in [1.165, 1.54) is 16.1 Å². The lowest BCUT2D eigenvalue weighted by atomic mass is 10.2. The lowest BCUT2D eigenvalue weighted by Gasteiger charge is -2.31. The predicted octanol–water partition coefficient (Wildman–Crippen LogP) is 4.87. The highest BCUT2D eigenvalue weighted by Gasteiger charge is 2.38. The van der Waals surface area contributed by atoms with Crippen molar-refractivity contribution in [2.45, 2.75) is 22.1 Å². The van der Waals surface area contributed by atoms with E-state index in [4.69, 9.17) is 0 Å². The minimum absolute atomic E-state index is 0.0630. The molecule has 1 atom stereocenters. The second kappa shape index (κ2) is 4.63. The number of benzene rings is 2. The lowest BCUT2D eigenvalue weighted by molar-refractivity contribution is 0.772. The number of fused-ring (bicyclic) bond motifs is 1. The first-order chi connectivity index (χ1) is 8.67. The molecular formula is C15H14BrNS. The molecule has 18 heavy (non-hydrogen) atoms. The van der Waals surface area contributed by atoms with Crippen LogP contribution in [0.4, 0.5) is 5.69 Å². The van der Waals surface area contributed by atoms with Crippen LogP contribution in [0.3, 0.4) is 0 Å². The summed E-state index contributed by atoms with van der Waals surface area (Å²) in [6, 6.07) is 19.2. The first kappa shape index (κ1) is 12.1. The molecule has 0 aromatic heterocycles. The predicted molar refractivity (Wildman–Crippen MR) is 82.3 cm³/mol. The van der Waals surface area contributed by atoms with E-state index in [-0.39, 0.29) is 3.78 Å². The van der Waals surface area contributed by atoms with E-state index >= 15 is 0 Å². The third-order valence-electron chi connectivity index (χ3n) is 3.12. The van der Waals surface area contributed by atoms with Gasteiger partial charge in [0.25, 0.3) is 0 Å². The largest absolute Gasteiger partial charge is 0.342 e. The zero-order chi connectivity index (χ0) is 12.6. The maximum absolute atomic E-state index is 3.84. The fourth-order valence-corrected chi connectivity index (χ4v) is 4.17. The van der Waals surface area contributed by atoms with Crippen molar-refractivity contribution in [2.75, 3.05) is 4.90 Å². The number of para-hydroxylation sites is 1. The summed E-state index contributed by atoms with van der Waals surface area (Å²) in [5.74, 6) is 0. The van der Waals surface area contributed by atoms with Crippen molar-refractivity contribution in [3.63, 3.8) is 0 Å². The monoisotopic (exact) mass is 319 g/mol. The molecule has 2 aromatic carbocycles. The number of hydrogen-bond acceptors (Lipinski definition) is 2. The lowest BCUT2D eigenvalue weighted by Crippen LogP contribution is -2.34. The minimum Gasteiger partial charge on any atom is -0.342 e. The van der Waals surface area contributed by atoms with Crippen molar-refractivity contribution in [2.24, 2.45) is 0 Å². The Hall–Kier alpha value is -0.930. The maximum atomic E-state index is 3.84. The molecule has 1 unspecified atom stereocenters. The quantitative estimate of drug-likeness (QED) is 0.574. The Kier molecular flexibility index (Phi) is 3.12. The Morgan fingerprint density at radius 3 is 2.50 bits per heavy atom. The van der Waals surface area contributed by atoms with Crippen LogP contribution in [0.5, 0.6) is 0 Å². The van der Waals surface area contributed by atoms with Gasteiger partial charge in [-0.2, -0.15) is 0 Å². The van der Waals surface area contributed by atoms with E-state index in [1.807, 2.05) is 11.8 Å². The summed E-state index contributed by atoms with van der Waals surface area (Å²) in [6.07, 6.45) is 0. The van der Waals surface area contributed by atoms with E-state index in [2.05, 4.69) is 82.4 Å². The number of thioether (sulfide) groups is 1. The van der Waals surface area contributed by atoms with Crippen LogP contribution in [0, 0.1) is 0 Å². The van der Waals surface area contributed by atoms with Crippen molar-refractivity contribution >= 4 is 33.4 Å². The van der Waals surface area contributed by atoms with Gasteiger partial charge < -0.3 is 4.90 Å². The average Bonchev–Trinajstić information content (AvgIpc) is 2.62. The molecule has 1 nitrogen and oxygen atoms in total. The third-order valence-corrected chi connectivity index (χ3v) is 5.19. The van der Waals surface area contributed by atoms with E-state index in [9.17, 15) is 0 Å². The van der Waals surface area contributed by atoms with Gasteiger partial charge in [-0.25, -0.2) is 0 Å². The van der Waals surface area contributed by atoms with Gasteiger partial charge in [-0.15, -0.1) is 0 Å². The van der Waals surface area contributed by atoms with E-state index in [0.29, 0.717) is 0 Å². The molecule has 0 bridgehead atoms. The highest BCUT2D eigenvalue weighted by molar-refractivity contribution is 9.12. The van der Waals surface area contributed by atoms with Gasteiger partial charge in [0.2, 0.25) is 0 Å². The second-order valence-corrected chi connectivity index (χ2v) is 8.02. The molecule has 0 fully saturated rings. The zero-order valence-corrected chi connectivity index (χ0v) is 12.5. The summed E-state index contributed by atoms with van der Waals surface area (Å²) >= 11 is 5.70. The Bertz CT molecular complexity index is 553. The number of anilines is 1.